The van der Waals surface area contributed by atoms with Crippen LogP contribution in [0.15, 0.2) is 79.0 Å². The molecule has 0 bridgehead atoms. The van der Waals surface area contributed by atoms with Gasteiger partial charge in [0.1, 0.15) is 11.9 Å². The fraction of sp³-hybridized carbons (Fsp3) is 0.154. The molecule has 7 heteroatoms. The Bertz CT molecular complexity index is 1290. The molecule has 1 heterocycles. The lowest BCUT2D eigenvalue weighted by Gasteiger charge is -2.22. The third kappa shape index (κ3) is 5.23. The van der Waals surface area contributed by atoms with Gasteiger partial charge in [-0.3, -0.25) is 9.59 Å². The molecule has 0 aliphatic heterocycles. The van der Waals surface area contributed by atoms with Gasteiger partial charge in [-0.15, -0.1) is 0 Å². The third-order valence-corrected chi connectivity index (χ3v) is 5.90. The maximum atomic E-state index is 13.3. The Kier molecular flexibility index (Phi) is 6.75. The lowest BCUT2D eigenvalue weighted by atomic mass is 10.0. The Hall–Kier alpha value is -3.64. The van der Waals surface area contributed by atoms with Crippen molar-refractivity contribution in [2.45, 2.75) is 25.4 Å². The molecule has 0 spiro atoms. The van der Waals surface area contributed by atoms with Gasteiger partial charge in [-0.2, -0.15) is 0 Å². The second-order valence-corrected chi connectivity index (χ2v) is 8.26. The number of hydrogen-bond acceptors (Lipinski definition) is 2. The van der Waals surface area contributed by atoms with Crippen LogP contribution in [0.25, 0.3) is 10.9 Å². The van der Waals surface area contributed by atoms with Gasteiger partial charge in [-0.05, 0) is 48.4 Å². The van der Waals surface area contributed by atoms with Gasteiger partial charge >= 0.3 is 0 Å². The normalized spacial score (nSPS) is 12.8. The molecule has 0 fully saturated rings. The highest BCUT2D eigenvalue weighted by molar-refractivity contribution is 6.33. The van der Waals surface area contributed by atoms with Gasteiger partial charge in [-0.1, -0.05) is 54.1 Å². The first kappa shape index (κ1) is 22.6. The summed E-state index contributed by atoms with van der Waals surface area (Å²) in [7, 11) is 0. The smallest absolute Gasteiger partial charge is 0.253 e. The Morgan fingerprint density at radius 2 is 1.67 bits per heavy atom. The maximum Gasteiger partial charge on any atom is 0.253 e. The first-order valence-electron chi connectivity index (χ1n) is 10.6. The quantitative estimate of drug-likeness (QED) is 0.353. The Morgan fingerprint density at radius 3 is 2.42 bits per heavy atom. The van der Waals surface area contributed by atoms with Gasteiger partial charge in [0.2, 0.25) is 5.91 Å². The third-order valence-electron chi connectivity index (χ3n) is 5.57. The standard InChI is InChI=1S/C26H23ClFN3O2/c1-16(17-10-12-19(28)13-11-17)30-26(33)24(31-25(32)21-7-2-4-8-22(21)27)14-18-15-29-23-9-5-3-6-20(18)23/h2-13,15-16,24,29H,14H2,1H3,(H,30,33)(H,31,32)/t16?,24-/m0/s1. The molecule has 0 saturated carbocycles. The predicted molar refractivity (Wildman–Crippen MR) is 128 cm³/mol. The van der Waals surface area contributed by atoms with Gasteiger partial charge in [0.15, 0.2) is 0 Å². The van der Waals surface area contributed by atoms with Crippen LogP contribution >= 0.6 is 11.6 Å². The van der Waals surface area contributed by atoms with Crippen LogP contribution in [0, 0.1) is 5.82 Å². The first-order valence-corrected chi connectivity index (χ1v) is 11.0. The molecule has 2 atom stereocenters. The van der Waals surface area contributed by atoms with Crippen molar-refractivity contribution in [2.24, 2.45) is 0 Å². The van der Waals surface area contributed by atoms with Crippen molar-refractivity contribution in [3.63, 3.8) is 0 Å². The highest BCUT2D eigenvalue weighted by Crippen LogP contribution is 2.21. The second kappa shape index (κ2) is 9.88. The van der Waals surface area contributed by atoms with E-state index in [1.165, 1.54) is 12.1 Å². The number of hydrogen-bond donors (Lipinski definition) is 3. The van der Waals surface area contributed by atoms with Crippen LogP contribution in [0.3, 0.4) is 0 Å². The van der Waals surface area contributed by atoms with E-state index in [1.807, 2.05) is 37.4 Å². The molecule has 0 aliphatic carbocycles. The van der Waals surface area contributed by atoms with E-state index in [0.717, 1.165) is 22.0 Å². The van der Waals surface area contributed by atoms with Crippen LogP contribution < -0.4 is 10.6 Å². The number of fused-ring (bicyclic) bond motifs is 1. The molecule has 0 radical (unpaired) electrons. The van der Waals surface area contributed by atoms with Crippen molar-refractivity contribution in [1.29, 1.82) is 0 Å². The fourth-order valence-corrected chi connectivity index (χ4v) is 3.98. The number of para-hydroxylation sites is 1. The predicted octanol–water partition coefficient (Wildman–Crippen LogP) is 5.18. The molecule has 0 aliphatic rings. The van der Waals surface area contributed by atoms with E-state index in [0.29, 0.717) is 10.6 Å². The molecule has 2 amide bonds. The van der Waals surface area contributed by atoms with Crippen LogP contribution in [0.4, 0.5) is 4.39 Å². The number of halogens is 2. The maximum absolute atomic E-state index is 13.3. The van der Waals surface area contributed by atoms with Crippen LogP contribution in [0.1, 0.15) is 34.5 Å². The zero-order valence-electron chi connectivity index (χ0n) is 17.9. The summed E-state index contributed by atoms with van der Waals surface area (Å²) < 4.78 is 13.3. The summed E-state index contributed by atoms with van der Waals surface area (Å²) >= 11 is 6.18. The Balaban J connectivity index is 1.58. The van der Waals surface area contributed by atoms with E-state index in [2.05, 4.69) is 15.6 Å². The molecule has 3 aromatic carbocycles. The largest absolute Gasteiger partial charge is 0.361 e. The number of amides is 2. The molecule has 1 aromatic heterocycles. The van der Waals surface area contributed by atoms with Crippen molar-refractivity contribution in [3.05, 3.63) is 107 Å². The summed E-state index contributed by atoms with van der Waals surface area (Å²) in [6.45, 7) is 1.81. The highest BCUT2D eigenvalue weighted by Gasteiger charge is 2.25. The Labute approximate surface area is 196 Å². The molecule has 4 aromatic rings. The topological polar surface area (TPSA) is 74.0 Å². The summed E-state index contributed by atoms with van der Waals surface area (Å²) in [4.78, 5) is 29.4. The number of aromatic amines is 1. The van der Waals surface area contributed by atoms with Gasteiger partial charge in [-0.25, -0.2) is 4.39 Å². The van der Waals surface area contributed by atoms with E-state index in [1.54, 1.807) is 36.4 Å². The molecule has 5 nitrogen and oxygen atoms in total. The van der Waals surface area contributed by atoms with E-state index in [-0.39, 0.29) is 24.2 Å². The van der Waals surface area contributed by atoms with Crippen molar-refractivity contribution in [2.75, 3.05) is 0 Å². The summed E-state index contributed by atoms with van der Waals surface area (Å²) in [6, 6.07) is 19.2. The van der Waals surface area contributed by atoms with Gasteiger partial charge < -0.3 is 15.6 Å². The number of carbonyl (C=O) groups is 2. The SMILES string of the molecule is CC(NC(=O)[C@H](Cc1c[nH]c2ccccc12)NC(=O)c1ccccc1Cl)c1ccc(F)cc1. The molecule has 1 unspecified atom stereocenters. The average molecular weight is 464 g/mol. The molecule has 4 rings (SSSR count). The van der Waals surface area contributed by atoms with Crippen molar-refractivity contribution in [3.8, 4) is 0 Å². The van der Waals surface area contributed by atoms with Gasteiger partial charge in [0.05, 0.1) is 16.6 Å². The number of aromatic nitrogens is 1. The van der Waals surface area contributed by atoms with Crippen LogP contribution in [-0.4, -0.2) is 22.8 Å². The minimum absolute atomic E-state index is 0.280. The number of benzene rings is 3. The average Bonchev–Trinajstić information content (AvgIpc) is 3.22. The van der Waals surface area contributed by atoms with E-state index in [9.17, 15) is 14.0 Å². The Morgan fingerprint density at radius 1 is 0.970 bits per heavy atom. The molecular weight excluding hydrogens is 441 g/mol. The lowest BCUT2D eigenvalue weighted by Crippen LogP contribution is -2.48. The number of nitrogens with one attached hydrogen (secondary N) is 3. The van der Waals surface area contributed by atoms with Crippen molar-refractivity contribution < 1.29 is 14.0 Å². The van der Waals surface area contributed by atoms with Crippen LogP contribution in [-0.2, 0) is 11.2 Å². The number of carbonyl (C=O) groups excluding carboxylic acids is 2. The first-order chi connectivity index (χ1) is 15.9. The van der Waals surface area contributed by atoms with Gasteiger partial charge in [0.25, 0.3) is 5.91 Å². The van der Waals surface area contributed by atoms with Crippen molar-refractivity contribution >= 4 is 34.3 Å². The molecule has 3 N–H and O–H groups in total. The van der Waals surface area contributed by atoms with Crippen molar-refractivity contribution in [1.82, 2.24) is 15.6 Å². The minimum Gasteiger partial charge on any atom is -0.361 e. The highest BCUT2D eigenvalue weighted by atomic mass is 35.5. The van der Waals surface area contributed by atoms with E-state index in [4.69, 9.17) is 11.6 Å². The number of H-pyrrole nitrogens is 1. The minimum atomic E-state index is -0.851. The lowest BCUT2D eigenvalue weighted by molar-refractivity contribution is -0.123. The van der Waals surface area contributed by atoms with Crippen LogP contribution in [0.5, 0.6) is 0 Å². The van der Waals surface area contributed by atoms with Gasteiger partial charge in [0, 0.05) is 23.5 Å². The summed E-state index contributed by atoms with van der Waals surface area (Å²) in [5.41, 5.74) is 2.90. The molecule has 33 heavy (non-hydrogen) atoms. The van der Waals surface area contributed by atoms with E-state index < -0.39 is 11.9 Å². The monoisotopic (exact) mass is 463 g/mol. The van der Waals surface area contributed by atoms with Crippen LogP contribution in [0.2, 0.25) is 5.02 Å². The molecular formula is C26H23ClFN3O2. The van der Waals surface area contributed by atoms with E-state index >= 15 is 0 Å². The molecule has 168 valence electrons. The zero-order chi connectivity index (χ0) is 23.4. The zero-order valence-corrected chi connectivity index (χ0v) is 18.7. The summed E-state index contributed by atoms with van der Waals surface area (Å²) in [5.74, 6) is -1.13. The second-order valence-electron chi connectivity index (χ2n) is 7.85. The summed E-state index contributed by atoms with van der Waals surface area (Å²) in [6.07, 6.45) is 2.12. The summed E-state index contributed by atoms with van der Waals surface area (Å²) in [5, 5.41) is 7.05. The number of rotatable bonds is 7. The molecule has 0 saturated heterocycles. The fourth-order valence-electron chi connectivity index (χ4n) is 3.76.